The number of piperidine rings is 1. The van der Waals surface area contributed by atoms with E-state index in [2.05, 4.69) is 10.1 Å². The Labute approximate surface area is 137 Å². The molecule has 0 saturated carbocycles. The van der Waals surface area contributed by atoms with Crippen molar-refractivity contribution in [3.63, 3.8) is 0 Å². The van der Waals surface area contributed by atoms with E-state index in [4.69, 9.17) is 9.26 Å². The van der Waals surface area contributed by atoms with E-state index in [1.807, 2.05) is 13.8 Å². The summed E-state index contributed by atoms with van der Waals surface area (Å²) < 4.78 is 11.4. The van der Waals surface area contributed by atoms with Crippen LogP contribution < -0.4 is 0 Å². The van der Waals surface area contributed by atoms with Gasteiger partial charge in [0, 0.05) is 39.3 Å². The lowest BCUT2D eigenvalue weighted by Gasteiger charge is -2.39. The van der Waals surface area contributed by atoms with E-state index in [1.165, 1.54) is 5.56 Å². The minimum Gasteiger partial charge on any atom is -0.362 e. The van der Waals surface area contributed by atoms with Crippen LogP contribution in [0.15, 0.2) is 4.52 Å². The number of ether oxygens (including phenoxy) is 1. The maximum Gasteiger partial charge on any atom is 0.251 e. The number of carbonyl (C=O) groups excluding carboxylic acids is 1. The van der Waals surface area contributed by atoms with Gasteiger partial charge in [0.15, 0.2) is 0 Å². The van der Waals surface area contributed by atoms with Crippen molar-refractivity contribution in [3.05, 3.63) is 17.0 Å². The molecule has 0 N–H and O–H groups in total. The van der Waals surface area contributed by atoms with E-state index in [0.29, 0.717) is 0 Å². The molecule has 0 aliphatic carbocycles. The molecule has 1 aromatic rings. The molecule has 3 rings (SSSR count). The van der Waals surface area contributed by atoms with Crippen LogP contribution in [0.25, 0.3) is 0 Å². The Morgan fingerprint density at radius 1 is 1.30 bits per heavy atom. The normalized spacial score (nSPS) is 24.3. The molecule has 6 nitrogen and oxygen atoms in total. The molecule has 1 spiro atoms. The summed E-state index contributed by atoms with van der Waals surface area (Å²) in [5.74, 6) is 1.01. The molecule has 6 heteroatoms. The Hall–Kier alpha value is -1.40. The highest BCUT2D eigenvalue weighted by Gasteiger charge is 2.45. The lowest BCUT2D eigenvalue weighted by molar-refractivity contribution is -0.148. The number of likely N-dealkylation sites (tertiary alicyclic amines) is 1. The van der Waals surface area contributed by atoms with Crippen LogP contribution in [0.5, 0.6) is 0 Å². The summed E-state index contributed by atoms with van der Waals surface area (Å²) in [5, 5.41) is 4.03. The molecule has 1 amide bonds. The molecule has 2 aliphatic rings. The van der Waals surface area contributed by atoms with Gasteiger partial charge in [0.1, 0.15) is 11.9 Å². The predicted octanol–water partition coefficient (Wildman–Crippen LogP) is 1.89. The first-order chi connectivity index (χ1) is 10.9. The highest BCUT2D eigenvalue weighted by molar-refractivity contribution is 5.80. The Morgan fingerprint density at radius 2 is 2.00 bits per heavy atom. The Kier molecular flexibility index (Phi) is 4.47. The molecule has 3 heterocycles. The van der Waals surface area contributed by atoms with Crippen molar-refractivity contribution in [2.45, 2.75) is 57.8 Å². The fourth-order valence-electron chi connectivity index (χ4n) is 3.71. The second kappa shape index (κ2) is 6.24. The number of likely N-dealkylation sites (N-methyl/N-ethyl adjacent to an activating group) is 1. The largest absolute Gasteiger partial charge is 0.362 e. The first-order valence-corrected chi connectivity index (χ1v) is 8.43. The van der Waals surface area contributed by atoms with Gasteiger partial charge in [-0.2, -0.15) is 0 Å². The van der Waals surface area contributed by atoms with Gasteiger partial charge in [0.2, 0.25) is 0 Å². The molecule has 128 valence electrons. The summed E-state index contributed by atoms with van der Waals surface area (Å²) in [6.45, 7) is 6.84. The molecule has 2 fully saturated rings. The minimum absolute atomic E-state index is 0.0917. The maximum atomic E-state index is 12.1. The maximum absolute atomic E-state index is 12.1. The van der Waals surface area contributed by atoms with Gasteiger partial charge in [0.05, 0.1) is 11.3 Å². The second-order valence-electron chi connectivity index (χ2n) is 7.14. The van der Waals surface area contributed by atoms with Crippen molar-refractivity contribution >= 4 is 5.91 Å². The highest BCUT2D eigenvalue weighted by atomic mass is 16.5. The van der Waals surface area contributed by atoms with Crippen molar-refractivity contribution in [2.24, 2.45) is 0 Å². The lowest BCUT2D eigenvalue weighted by atomic mass is 9.88. The molecule has 0 unspecified atom stereocenters. The fraction of sp³-hybridized carbons (Fsp3) is 0.765. The number of aryl methyl sites for hydroxylation is 2. The standard InChI is InChI=1S/C17H27N3O3/c1-12-14(13(2)23-18-12)11-20-9-7-17(8-10-20)6-5-15(22-17)16(21)19(3)4/h15H,5-11H2,1-4H3/t15-/m0/s1. The molecule has 1 aromatic heterocycles. The molecule has 2 saturated heterocycles. The highest BCUT2D eigenvalue weighted by Crippen LogP contribution is 2.39. The lowest BCUT2D eigenvalue weighted by Crippen LogP contribution is -2.45. The van der Waals surface area contributed by atoms with E-state index in [9.17, 15) is 4.79 Å². The number of rotatable bonds is 3. The first kappa shape index (κ1) is 16.5. The van der Waals surface area contributed by atoms with Crippen molar-refractivity contribution in [1.82, 2.24) is 15.0 Å². The average molecular weight is 321 g/mol. The Morgan fingerprint density at radius 3 is 2.57 bits per heavy atom. The SMILES string of the molecule is Cc1noc(C)c1CN1CCC2(CC[C@@H](C(=O)N(C)C)O2)CC1. The Bertz CT molecular complexity index is 554. The summed E-state index contributed by atoms with van der Waals surface area (Å²) >= 11 is 0. The van der Waals surface area contributed by atoms with Crippen LogP contribution in [0.2, 0.25) is 0 Å². The number of amides is 1. The van der Waals surface area contributed by atoms with Crippen molar-refractivity contribution in [3.8, 4) is 0 Å². The monoisotopic (exact) mass is 321 g/mol. The van der Waals surface area contributed by atoms with E-state index in [0.717, 1.165) is 56.8 Å². The van der Waals surface area contributed by atoms with Gasteiger partial charge in [-0.3, -0.25) is 9.69 Å². The zero-order valence-corrected chi connectivity index (χ0v) is 14.6. The third kappa shape index (κ3) is 3.28. The molecule has 0 bridgehead atoms. The van der Waals surface area contributed by atoms with Crippen LogP contribution in [0.3, 0.4) is 0 Å². The molecule has 0 radical (unpaired) electrons. The topological polar surface area (TPSA) is 58.8 Å². The number of nitrogens with zero attached hydrogens (tertiary/aromatic N) is 3. The predicted molar refractivity (Wildman–Crippen MR) is 86.0 cm³/mol. The molecular formula is C17H27N3O3. The number of aromatic nitrogens is 1. The van der Waals surface area contributed by atoms with Crippen LogP contribution in [0.4, 0.5) is 0 Å². The van der Waals surface area contributed by atoms with E-state index in [-0.39, 0.29) is 17.6 Å². The number of hydrogen-bond acceptors (Lipinski definition) is 5. The van der Waals surface area contributed by atoms with Crippen LogP contribution in [0, 0.1) is 13.8 Å². The fourth-order valence-corrected chi connectivity index (χ4v) is 3.71. The van der Waals surface area contributed by atoms with Crippen molar-refractivity contribution < 1.29 is 14.1 Å². The van der Waals surface area contributed by atoms with E-state index in [1.54, 1.807) is 19.0 Å². The van der Waals surface area contributed by atoms with Gasteiger partial charge in [-0.15, -0.1) is 0 Å². The summed E-state index contributed by atoms with van der Waals surface area (Å²) in [4.78, 5) is 16.2. The zero-order valence-electron chi connectivity index (χ0n) is 14.6. The van der Waals surface area contributed by atoms with Crippen LogP contribution in [-0.2, 0) is 16.1 Å². The zero-order chi connectivity index (χ0) is 16.6. The average Bonchev–Trinajstić information content (AvgIpc) is 3.07. The van der Waals surface area contributed by atoms with Gasteiger partial charge >= 0.3 is 0 Å². The van der Waals surface area contributed by atoms with Crippen LogP contribution >= 0.6 is 0 Å². The summed E-state index contributed by atoms with van der Waals surface area (Å²) in [5.41, 5.74) is 2.09. The number of carbonyl (C=O) groups is 1. The molecule has 23 heavy (non-hydrogen) atoms. The van der Waals surface area contributed by atoms with Gasteiger partial charge in [0.25, 0.3) is 5.91 Å². The summed E-state index contributed by atoms with van der Waals surface area (Å²) in [6.07, 6.45) is 3.58. The van der Waals surface area contributed by atoms with E-state index < -0.39 is 0 Å². The van der Waals surface area contributed by atoms with Gasteiger partial charge in [-0.1, -0.05) is 5.16 Å². The van der Waals surface area contributed by atoms with Crippen LogP contribution in [0.1, 0.15) is 42.7 Å². The van der Waals surface area contributed by atoms with Gasteiger partial charge in [-0.05, 0) is 39.5 Å². The van der Waals surface area contributed by atoms with Crippen LogP contribution in [-0.4, -0.2) is 59.8 Å². The summed E-state index contributed by atoms with van der Waals surface area (Å²) in [6, 6.07) is 0. The van der Waals surface area contributed by atoms with E-state index >= 15 is 0 Å². The third-order valence-corrected chi connectivity index (χ3v) is 5.30. The molecule has 0 aromatic carbocycles. The number of hydrogen-bond donors (Lipinski definition) is 0. The summed E-state index contributed by atoms with van der Waals surface area (Å²) in [7, 11) is 3.59. The van der Waals surface area contributed by atoms with Gasteiger partial charge in [-0.25, -0.2) is 0 Å². The first-order valence-electron chi connectivity index (χ1n) is 8.43. The Balaban J connectivity index is 1.56. The van der Waals surface area contributed by atoms with Crippen molar-refractivity contribution in [2.75, 3.05) is 27.2 Å². The molecule has 1 atom stereocenters. The quantitative estimate of drug-likeness (QED) is 0.851. The van der Waals surface area contributed by atoms with Gasteiger partial charge < -0.3 is 14.2 Å². The molecular weight excluding hydrogens is 294 g/mol. The smallest absolute Gasteiger partial charge is 0.251 e. The third-order valence-electron chi connectivity index (χ3n) is 5.30. The molecule has 2 aliphatic heterocycles. The second-order valence-corrected chi connectivity index (χ2v) is 7.14. The van der Waals surface area contributed by atoms with Crippen molar-refractivity contribution in [1.29, 1.82) is 0 Å². The minimum atomic E-state index is -0.251.